The highest BCUT2D eigenvalue weighted by molar-refractivity contribution is 6.07. The van der Waals surface area contributed by atoms with Crippen molar-refractivity contribution >= 4 is 16.9 Å². The number of carbonyl (C=O) groups is 1. The molecule has 1 saturated carbocycles. The average molecular weight is 428 g/mol. The Hall–Kier alpha value is -3.55. The van der Waals surface area contributed by atoms with Gasteiger partial charge in [-0.1, -0.05) is 6.07 Å². The highest BCUT2D eigenvalue weighted by Crippen LogP contribution is 2.41. The van der Waals surface area contributed by atoms with Gasteiger partial charge in [0.15, 0.2) is 11.5 Å². The van der Waals surface area contributed by atoms with E-state index in [1.165, 1.54) is 0 Å². The van der Waals surface area contributed by atoms with E-state index in [1.807, 2.05) is 42.2 Å². The summed E-state index contributed by atoms with van der Waals surface area (Å²) in [6.45, 7) is 3.40. The van der Waals surface area contributed by atoms with Gasteiger partial charge in [-0.2, -0.15) is 14.9 Å². The fourth-order valence-corrected chi connectivity index (χ4v) is 4.78. The first kappa shape index (κ1) is 19.2. The molecule has 0 bridgehead atoms. The molecule has 8 nitrogen and oxygen atoms in total. The first-order valence-electron chi connectivity index (χ1n) is 11.3. The van der Waals surface area contributed by atoms with Crippen LogP contribution in [0.5, 0.6) is 0 Å². The molecule has 5 heterocycles. The number of H-pyrrole nitrogens is 1. The number of likely N-dealkylation sites (tertiary alicyclic amines) is 1. The highest BCUT2D eigenvalue weighted by Gasteiger charge is 2.32. The van der Waals surface area contributed by atoms with Crippen LogP contribution in [0.4, 0.5) is 0 Å². The summed E-state index contributed by atoms with van der Waals surface area (Å²) in [5.74, 6) is 1.49. The summed E-state index contributed by atoms with van der Waals surface area (Å²) in [6.07, 6.45) is 7.80. The first-order chi connectivity index (χ1) is 15.7. The molecule has 1 saturated heterocycles. The number of aromatic nitrogens is 6. The second kappa shape index (κ2) is 7.55. The van der Waals surface area contributed by atoms with Crippen molar-refractivity contribution < 1.29 is 4.79 Å². The van der Waals surface area contributed by atoms with E-state index in [0.29, 0.717) is 23.8 Å². The minimum absolute atomic E-state index is 0.0622. The minimum atomic E-state index is 0.0622. The van der Waals surface area contributed by atoms with Gasteiger partial charge in [-0.05, 0) is 56.9 Å². The van der Waals surface area contributed by atoms with E-state index >= 15 is 0 Å². The number of nitrogens with one attached hydrogen (secondary N) is 1. The SMILES string of the molecule is Cc1nn(-c2ccccn2)c2nc(C3CC3)cc(C(=O)N3CCCC(c4ccn[nH]4)C3)c12. The second-order valence-electron chi connectivity index (χ2n) is 8.86. The normalized spacial score (nSPS) is 18.9. The van der Waals surface area contributed by atoms with Gasteiger partial charge in [-0.3, -0.25) is 9.89 Å². The fourth-order valence-electron chi connectivity index (χ4n) is 4.78. The van der Waals surface area contributed by atoms with Gasteiger partial charge < -0.3 is 4.90 Å². The summed E-state index contributed by atoms with van der Waals surface area (Å²) >= 11 is 0. The molecule has 6 rings (SSSR count). The number of carbonyl (C=O) groups excluding carboxylic acids is 1. The Morgan fingerprint density at radius 2 is 2.03 bits per heavy atom. The molecule has 32 heavy (non-hydrogen) atoms. The molecular formula is C24H25N7O. The molecule has 1 aliphatic heterocycles. The van der Waals surface area contributed by atoms with Crippen molar-refractivity contribution in [3.05, 3.63) is 65.4 Å². The van der Waals surface area contributed by atoms with Gasteiger partial charge in [0.25, 0.3) is 5.91 Å². The van der Waals surface area contributed by atoms with E-state index in [-0.39, 0.29) is 11.8 Å². The maximum atomic E-state index is 13.8. The maximum absolute atomic E-state index is 13.8. The lowest BCUT2D eigenvalue weighted by Crippen LogP contribution is -2.39. The summed E-state index contributed by atoms with van der Waals surface area (Å²) in [5, 5.41) is 12.7. The molecule has 1 N–H and O–H groups in total. The van der Waals surface area contributed by atoms with Gasteiger partial charge in [0.05, 0.1) is 16.6 Å². The fraction of sp³-hybridized carbons (Fsp3) is 0.375. The van der Waals surface area contributed by atoms with Gasteiger partial charge in [0.2, 0.25) is 0 Å². The van der Waals surface area contributed by atoms with Crippen LogP contribution < -0.4 is 0 Å². The number of hydrogen-bond acceptors (Lipinski definition) is 5. The van der Waals surface area contributed by atoms with Crippen LogP contribution in [0.15, 0.2) is 42.7 Å². The number of aryl methyl sites for hydroxylation is 1. The van der Waals surface area contributed by atoms with Crippen LogP contribution in [0.3, 0.4) is 0 Å². The molecule has 0 spiro atoms. The van der Waals surface area contributed by atoms with Crippen LogP contribution in [0.25, 0.3) is 16.9 Å². The first-order valence-corrected chi connectivity index (χ1v) is 11.3. The van der Waals surface area contributed by atoms with Crippen molar-refractivity contribution in [2.45, 2.75) is 44.4 Å². The number of aromatic amines is 1. The van der Waals surface area contributed by atoms with Crippen LogP contribution in [0.2, 0.25) is 0 Å². The van der Waals surface area contributed by atoms with Crippen molar-refractivity contribution in [2.75, 3.05) is 13.1 Å². The third-order valence-corrected chi connectivity index (χ3v) is 6.60. The lowest BCUT2D eigenvalue weighted by Gasteiger charge is -2.32. The number of hydrogen-bond donors (Lipinski definition) is 1. The monoisotopic (exact) mass is 427 g/mol. The number of amides is 1. The van der Waals surface area contributed by atoms with Crippen LogP contribution >= 0.6 is 0 Å². The van der Waals surface area contributed by atoms with Gasteiger partial charge in [0.1, 0.15) is 0 Å². The molecule has 0 aromatic carbocycles. The van der Waals surface area contributed by atoms with E-state index in [2.05, 4.69) is 15.2 Å². The molecule has 2 aliphatic rings. The Bertz CT molecular complexity index is 1270. The summed E-state index contributed by atoms with van der Waals surface area (Å²) in [4.78, 5) is 25.2. The van der Waals surface area contributed by atoms with E-state index in [0.717, 1.165) is 60.3 Å². The van der Waals surface area contributed by atoms with Crippen molar-refractivity contribution in [3.63, 3.8) is 0 Å². The standard InChI is InChI=1S/C24H25N7O/c1-15-22-18(24(32)30-12-4-5-17(14-30)19-9-11-26-28-19)13-20(16-7-8-16)27-23(22)31(29-15)21-6-2-3-10-25-21/h2-3,6,9-11,13,16-17H,4-5,7-8,12,14H2,1H3,(H,26,28). The summed E-state index contributed by atoms with van der Waals surface area (Å²) in [6, 6.07) is 9.76. The van der Waals surface area contributed by atoms with Crippen molar-refractivity contribution in [1.29, 1.82) is 0 Å². The molecule has 1 atom stereocenters. The molecular weight excluding hydrogens is 402 g/mol. The number of pyridine rings is 2. The molecule has 1 aliphatic carbocycles. The molecule has 0 radical (unpaired) electrons. The number of rotatable bonds is 4. The van der Waals surface area contributed by atoms with E-state index in [9.17, 15) is 4.79 Å². The van der Waals surface area contributed by atoms with Crippen LogP contribution in [-0.2, 0) is 0 Å². The van der Waals surface area contributed by atoms with E-state index < -0.39 is 0 Å². The Morgan fingerprint density at radius 1 is 1.12 bits per heavy atom. The molecule has 4 aromatic rings. The van der Waals surface area contributed by atoms with Gasteiger partial charge >= 0.3 is 0 Å². The topological polar surface area (TPSA) is 92.6 Å². The largest absolute Gasteiger partial charge is 0.338 e. The minimum Gasteiger partial charge on any atom is -0.338 e. The second-order valence-corrected chi connectivity index (χ2v) is 8.86. The molecule has 4 aromatic heterocycles. The number of fused-ring (bicyclic) bond motifs is 1. The Kier molecular flexibility index (Phi) is 4.52. The zero-order chi connectivity index (χ0) is 21.7. The summed E-state index contributed by atoms with van der Waals surface area (Å²) < 4.78 is 1.77. The quantitative estimate of drug-likeness (QED) is 0.536. The molecule has 1 amide bonds. The predicted molar refractivity (Wildman–Crippen MR) is 120 cm³/mol. The van der Waals surface area contributed by atoms with Gasteiger partial charge in [0, 0.05) is 48.7 Å². The molecule has 162 valence electrons. The summed E-state index contributed by atoms with van der Waals surface area (Å²) in [7, 11) is 0. The van der Waals surface area contributed by atoms with Crippen molar-refractivity contribution in [2.24, 2.45) is 0 Å². The lowest BCUT2D eigenvalue weighted by molar-refractivity contribution is 0.0707. The highest BCUT2D eigenvalue weighted by atomic mass is 16.2. The lowest BCUT2D eigenvalue weighted by atomic mass is 9.94. The van der Waals surface area contributed by atoms with Crippen molar-refractivity contribution in [3.8, 4) is 5.82 Å². The maximum Gasteiger partial charge on any atom is 0.254 e. The van der Waals surface area contributed by atoms with Crippen LogP contribution in [-0.4, -0.2) is 53.8 Å². The Morgan fingerprint density at radius 3 is 2.78 bits per heavy atom. The third kappa shape index (κ3) is 3.26. The van der Waals surface area contributed by atoms with E-state index in [4.69, 9.17) is 10.1 Å². The van der Waals surface area contributed by atoms with Gasteiger partial charge in [-0.25, -0.2) is 9.97 Å². The number of nitrogens with zero attached hydrogens (tertiary/aromatic N) is 6. The summed E-state index contributed by atoms with van der Waals surface area (Å²) in [5.41, 5.74) is 4.31. The molecule has 1 unspecified atom stereocenters. The molecule has 8 heteroatoms. The molecule has 2 fully saturated rings. The van der Waals surface area contributed by atoms with Gasteiger partial charge in [-0.15, -0.1) is 0 Å². The van der Waals surface area contributed by atoms with Crippen molar-refractivity contribution in [1.82, 2.24) is 34.8 Å². The van der Waals surface area contributed by atoms with Crippen LogP contribution in [0, 0.1) is 6.92 Å². The Labute approximate surface area is 185 Å². The average Bonchev–Trinajstić information content (AvgIpc) is 3.44. The predicted octanol–water partition coefficient (Wildman–Crippen LogP) is 3.74. The smallest absolute Gasteiger partial charge is 0.254 e. The Balaban J connectivity index is 1.44. The zero-order valence-electron chi connectivity index (χ0n) is 18.0. The van der Waals surface area contributed by atoms with E-state index in [1.54, 1.807) is 17.1 Å². The third-order valence-electron chi connectivity index (χ3n) is 6.60. The van der Waals surface area contributed by atoms with Crippen LogP contribution in [0.1, 0.15) is 65.0 Å². The number of piperidine rings is 1. The zero-order valence-corrected chi connectivity index (χ0v) is 18.0.